The third-order valence-electron chi connectivity index (χ3n) is 2.88. The minimum atomic E-state index is -0.392. The molecule has 0 saturated heterocycles. The van der Waals surface area contributed by atoms with E-state index in [2.05, 4.69) is 4.98 Å². The van der Waals surface area contributed by atoms with Crippen molar-refractivity contribution >= 4 is 28.4 Å². The Balaban J connectivity index is 2.23. The van der Waals surface area contributed by atoms with Crippen LogP contribution >= 0.6 is 11.6 Å². The standard InChI is InChI=1S/C14H10ClFN2O/c1-7-4-8(15)5-12-13(7)19-14(18-12)10-3-2-9(16)6-11(10)17/h2-6H,17H2,1H3. The van der Waals surface area contributed by atoms with Gasteiger partial charge in [0.25, 0.3) is 0 Å². The quantitative estimate of drug-likeness (QED) is 0.678. The van der Waals surface area contributed by atoms with Crippen LogP contribution in [0.2, 0.25) is 5.02 Å². The van der Waals surface area contributed by atoms with E-state index in [9.17, 15) is 4.39 Å². The molecule has 0 radical (unpaired) electrons. The summed E-state index contributed by atoms with van der Waals surface area (Å²) in [4.78, 5) is 4.34. The summed E-state index contributed by atoms with van der Waals surface area (Å²) in [6, 6.07) is 7.63. The fourth-order valence-corrected chi connectivity index (χ4v) is 2.27. The van der Waals surface area contributed by atoms with Crippen molar-refractivity contribution in [3.05, 3.63) is 46.7 Å². The minimum Gasteiger partial charge on any atom is -0.436 e. The highest BCUT2D eigenvalue weighted by Crippen LogP contribution is 2.31. The first-order valence-corrected chi connectivity index (χ1v) is 6.04. The van der Waals surface area contributed by atoms with Gasteiger partial charge in [0.1, 0.15) is 11.3 Å². The zero-order valence-corrected chi connectivity index (χ0v) is 10.8. The van der Waals surface area contributed by atoms with Crippen LogP contribution in [-0.2, 0) is 0 Å². The Hall–Kier alpha value is -2.07. The number of anilines is 1. The molecular formula is C14H10ClFN2O. The van der Waals surface area contributed by atoms with Gasteiger partial charge in [0.2, 0.25) is 5.89 Å². The maximum Gasteiger partial charge on any atom is 0.229 e. The minimum absolute atomic E-state index is 0.287. The lowest BCUT2D eigenvalue weighted by Crippen LogP contribution is -1.91. The number of benzene rings is 2. The van der Waals surface area contributed by atoms with Crippen molar-refractivity contribution in [2.75, 3.05) is 5.73 Å². The smallest absolute Gasteiger partial charge is 0.229 e. The Morgan fingerprint density at radius 2 is 2.05 bits per heavy atom. The molecule has 3 aromatic rings. The lowest BCUT2D eigenvalue weighted by atomic mass is 10.2. The van der Waals surface area contributed by atoms with Gasteiger partial charge in [0.15, 0.2) is 5.58 Å². The number of nitrogens with zero attached hydrogens (tertiary/aromatic N) is 1. The molecule has 0 fully saturated rings. The number of halogens is 2. The topological polar surface area (TPSA) is 52.0 Å². The molecule has 0 saturated carbocycles. The van der Waals surface area contributed by atoms with E-state index in [1.807, 2.05) is 6.92 Å². The van der Waals surface area contributed by atoms with Crippen LogP contribution in [0.3, 0.4) is 0 Å². The van der Waals surface area contributed by atoms with Crippen LogP contribution in [0.1, 0.15) is 5.56 Å². The van der Waals surface area contributed by atoms with E-state index in [0.29, 0.717) is 27.6 Å². The van der Waals surface area contributed by atoms with Crippen molar-refractivity contribution in [1.29, 1.82) is 0 Å². The predicted octanol–water partition coefficient (Wildman–Crippen LogP) is 4.18. The summed E-state index contributed by atoms with van der Waals surface area (Å²) in [6.07, 6.45) is 0. The van der Waals surface area contributed by atoms with Crippen LogP contribution in [0.4, 0.5) is 10.1 Å². The third kappa shape index (κ3) is 2.04. The fourth-order valence-electron chi connectivity index (χ4n) is 2.00. The van der Waals surface area contributed by atoms with Gasteiger partial charge in [0, 0.05) is 10.7 Å². The highest BCUT2D eigenvalue weighted by Gasteiger charge is 2.13. The molecule has 0 spiro atoms. The molecule has 3 rings (SSSR count). The molecule has 0 bridgehead atoms. The Labute approximate surface area is 113 Å². The van der Waals surface area contributed by atoms with Gasteiger partial charge in [-0.05, 0) is 42.8 Å². The first-order chi connectivity index (χ1) is 9.04. The second-order valence-electron chi connectivity index (χ2n) is 4.32. The molecule has 5 heteroatoms. The summed E-state index contributed by atoms with van der Waals surface area (Å²) in [6.45, 7) is 1.89. The van der Waals surface area contributed by atoms with E-state index in [0.717, 1.165) is 5.56 Å². The van der Waals surface area contributed by atoms with Crippen molar-refractivity contribution in [1.82, 2.24) is 4.98 Å². The van der Waals surface area contributed by atoms with E-state index in [1.165, 1.54) is 12.1 Å². The summed E-state index contributed by atoms with van der Waals surface area (Å²) in [7, 11) is 0. The van der Waals surface area contributed by atoms with E-state index < -0.39 is 5.82 Å². The van der Waals surface area contributed by atoms with Crippen LogP contribution in [-0.4, -0.2) is 4.98 Å². The third-order valence-corrected chi connectivity index (χ3v) is 3.10. The number of aromatic nitrogens is 1. The number of rotatable bonds is 1. The highest BCUT2D eigenvalue weighted by molar-refractivity contribution is 6.31. The molecule has 2 N–H and O–H groups in total. The first kappa shape index (κ1) is 12.0. The molecule has 0 aliphatic heterocycles. The van der Waals surface area contributed by atoms with Gasteiger partial charge in [0.05, 0.1) is 5.56 Å². The Morgan fingerprint density at radius 3 is 2.79 bits per heavy atom. The van der Waals surface area contributed by atoms with Gasteiger partial charge >= 0.3 is 0 Å². The van der Waals surface area contributed by atoms with Crippen molar-refractivity contribution < 1.29 is 8.81 Å². The fraction of sp³-hybridized carbons (Fsp3) is 0.0714. The summed E-state index contributed by atoms with van der Waals surface area (Å²) in [5.74, 6) is -0.0329. The summed E-state index contributed by atoms with van der Waals surface area (Å²) < 4.78 is 18.7. The molecule has 0 amide bonds. The molecule has 3 nitrogen and oxygen atoms in total. The lowest BCUT2D eigenvalue weighted by Gasteiger charge is -2.00. The lowest BCUT2D eigenvalue weighted by molar-refractivity contribution is 0.615. The highest BCUT2D eigenvalue weighted by atomic mass is 35.5. The first-order valence-electron chi connectivity index (χ1n) is 5.66. The van der Waals surface area contributed by atoms with Crippen molar-refractivity contribution in [3.8, 4) is 11.5 Å². The average molecular weight is 277 g/mol. The zero-order chi connectivity index (χ0) is 13.6. The number of nitrogens with two attached hydrogens (primary N) is 1. The van der Waals surface area contributed by atoms with Gasteiger partial charge in [-0.25, -0.2) is 9.37 Å². The number of aryl methyl sites for hydroxylation is 1. The normalized spacial score (nSPS) is 11.1. The maximum atomic E-state index is 13.0. The summed E-state index contributed by atoms with van der Waals surface area (Å²) >= 11 is 5.98. The maximum absolute atomic E-state index is 13.0. The van der Waals surface area contributed by atoms with E-state index >= 15 is 0 Å². The molecule has 0 atom stereocenters. The van der Waals surface area contributed by atoms with Gasteiger partial charge in [-0.1, -0.05) is 11.6 Å². The van der Waals surface area contributed by atoms with E-state index in [4.69, 9.17) is 21.8 Å². The molecule has 0 aliphatic carbocycles. The van der Waals surface area contributed by atoms with Crippen LogP contribution in [0.5, 0.6) is 0 Å². The van der Waals surface area contributed by atoms with Crippen LogP contribution in [0, 0.1) is 12.7 Å². The number of hydrogen-bond acceptors (Lipinski definition) is 3. The second kappa shape index (κ2) is 4.24. The molecule has 1 heterocycles. The summed E-state index contributed by atoms with van der Waals surface area (Å²) in [5.41, 5.74) is 8.83. The Bertz CT molecular complexity index is 782. The molecule has 2 aromatic carbocycles. The number of fused-ring (bicyclic) bond motifs is 1. The van der Waals surface area contributed by atoms with Gasteiger partial charge in [-0.15, -0.1) is 0 Å². The van der Waals surface area contributed by atoms with Crippen LogP contribution in [0.25, 0.3) is 22.6 Å². The Morgan fingerprint density at radius 1 is 1.26 bits per heavy atom. The van der Waals surface area contributed by atoms with Crippen molar-refractivity contribution in [2.45, 2.75) is 6.92 Å². The van der Waals surface area contributed by atoms with E-state index in [1.54, 1.807) is 18.2 Å². The van der Waals surface area contributed by atoms with Gasteiger partial charge in [-0.2, -0.15) is 0 Å². The molecule has 19 heavy (non-hydrogen) atoms. The monoisotopic (exact) mass is 276 g/mol. The number of nitrogen functional groups attached to an aromatic ring is 1. The Kier molecular flexibility index (Phi) is 2.68. The van der Waals surface area contributed by atoms with Gasteiger partial charge in [-0.3, -0.25) is 0 Å². The van der Waals surface area contributed by atoms with Crippen LogP contribution in [0.15, 0.2) is 34.7 Å². The average Bonchev–Trinajstić information content (AvgIpc) is 2.72. The molecule has 0 aliphatic rings. The second-order valence-corrected chi connectivity index (χ2v) is 4.76. The summed E-state index contributed by atoms with van der Waals surface area (Å²) in [5, 5.41) is 0.594. The number of oxazole rings is 1. The SMILES string of the molecule is Cc1cc(Cl)cc2nc(-c3ccc(F)cc3N)oc12. The predicted molar refractivity (Wildman–Crippen MR) is 73.6 cm³/mol. The molecule has 96 valence electrons. The van der Waals surface area contributed by atoms with Crippen molar-refractivity contribution in [3.63, 3.8) is 0 Å². The van der Waals surface area contributed by atoms with Crippen LogP contribution < -0.4 is 5.73 Å². The zero-order valence-electron chi connectivity index (χ0n) is 10.1. The molecule has 1 aromatic heterocycles. The largest absolute Gasteiger partial charge is 0.436 e. The molecular weight excluding hydrogens is 267 g/mol. The van der Waals surface area contributed by atoms with Gasteiger partial charge < -0.3 is 10.2 Å². The molecule has 0 unspecified atom stereocenters. The number of hydrogen-bond donors (Lipinski definition) is 1. The van der Waals surface area contributed by atoms with Crippen molar-refractivity contribution in [2.24, 2.45) is 0 Å². The van der Waals surface area contributed by atoms with E-state index in [-0.39, 0.29) is 5.69 Å².